The van der Waals surface area contributed by atoms with Crippen molar-refractivity contribution in [3.8, 4) is 0 Å². The summed E-state index contributed by atoms with van der Waals surface area (Å²) in [7, 11) is 1.98. The number of aryl methyl sites for hydroxylation is 1. The van der Waals surface area contributed by atoms with E-state index in [1.165, 1.54) is 5.56 Å². The Morgan fingerprint density at radius 2 is 1.94 bits per heavy atom. The minimum Gasteiger partial charge on any atom is -0.316 e. The highest BCUT2D eigenvalue weighted by molar-refractivity contribution is 5.05. The van der Waals surface area contributed by atoms with Crippen LogP contribution in [0.2, 0.25) is 0 Å². The summed E-state index contributed by atoms with van der Waals surface area (Å²) in [6.45, 7) is 11.3. The van der Waals surface area contributed by atoms with E-state index in [1.54, 1.807) is 0 Å². The smallest absolute Gasteiger partial charge is 0.0521 e. The van der Waals surface area contributed by atoms with Crippen LogP contribution >= 0.6 is 0 Å². The van der Waals surface area contributed by atoms with Crippen molar-refractivity contribution < 1.29 is 0 Å². The molecule has 17 heavy (non-hydrogen) atoms. The van der Waals surface area contributed by atoms with E-state index >= 15 is 0 Å². The maximum absolute atomic E-state index is 4.23. The summed E-state index contributed by atoms with van der Waals surface area (Å²) in [6, 6.07) is 0. The molecule has 0 aliphatic rings. The first-order chi connectivity index (χ1) is 7.99. The van der Waals surface area contributed by atoms with Gasteiger partial charge in [0.25, 0.3) is 0 Å². The lowest BCUT2D eigenvalue weighted by Gasteiger charge is -2.21. The zero-order chi connectivity index (χ0) is 12.8. The average Bonchev–Trinajstić information content (AvgIpc) is 2.62. The van der Waals surface area contributed by atoms with E-state index in [4.69, 9.17) is 0 Å². The van der Waals surface area contributed by atoms with Gasteiger partial charge in [0.15, 0.2) is 0 Å². The third-order valence-electron chi connectivity index (χ3n) is 3.16. The quantitative estimate of drug-likeness (QED) is 0.789. The van der Waals surface area contributed by atoms with Gasteiger partial charge in [0.2, 0.25) is 0 Å². The SMILES string of the molecule is CC(C)CNCC(Cc1cnn(C)c1)C(C)C. The van der Waals surface area contributed by atoms with Gasteiger partial charge in [-0.2, -0.15) is 5.10 Å². The van der Waals surface area contributed by atoms with Gasteiger partial charge in [-0.25, -0.2) is 0 Å². The van der Waals surface area contributed by atoms with Gasteiger partial charge in [-0.3, -0.25) is 4.68 Å². The first-order valence-corrected chi connectivity index (χ1v) is 6.67. The van der Waals surface area contributed by atoms with Crippen molar-refractivity contribution in [3.63, 3.8) is 0 Å². The predicted molar refractivity (Wildman–Crippen MR) is 72.9 cm³/mol. The Hall–Kier alpha value is -0.830. The highest BCUT2D eigenvalue weighted by atomic mass is 15.2. The molecule has 0 aliphatic carbocycles. The molecule has 98 valence electrons. The Kier molecular flexibility index (Phi) is 5.69. The number of aromatic nitrogens is 2. The molecule has 1 aromatic heterocycles. The second kappa shape index (κ2) is 6.80. The van der Waals surface area contributed by atoms with Crippen molar-refractivity contribution in [3.05, 3.63) is 18.0 Å². The van der Waals surface area contributed by atoms with Crippen LogP contribution in [0.4, 0.5) is 0 Å². The van der Waals surface area contributed by atoms with Crippen LogP contribution in [0, 0.1) is 17.8 Å². The van der Waals surface area contributed by atoms with Crippen molar-refractivity contribution in [1.82, 2.24) is 15.1 Å². The van der Waals surface area contributed by atoms with Gasteiger partial charge in [-0.05, 0) is 42.8 Å². The summed E-state index contributed by atoms with van der Waals surface area (Å²) in [4.78, 5) is 0. The topological polar surface area (TPSA) is 29.9 Å². The van der Waals surface area contributed by atoms with Crippen LogP contribution in [0.3, 0.4) is 0 Å². The summed E-state index contributed by atoms with van der Waals surface area (Å²) in [6.07, 6.45) is 5.23. The molecule has 3 nitrogen and oxygen atoms in total. The highest BCUT2D eigenvalue weighted by Crippen LogP contribution is 2.16. The van der Waals surface area contributed by atoms with Crippen LogP contribution in [-0.4, -0.2) is 22.9 Å². The summed E-state index contributed by atoms with van der Waals surface area (Å²) in [5.41, 5.74) is 1.34. The molecule has 1 aromatic rings. The van der Waals surface area contributed by atoms with E-state index in [9.17, 15) is 0 Å². The lowest BCUT2D eigenvalue weighted by molar-refractivity contribution is 0.352. The molecule has 0 saturated carbocycles. The third-order valence-corrected chi connectivity index (χ3v) is 3.16. The normalized spacial score (nSPS) is 13.6. The van der Waals surface area contributed by atoms with Crippen LogP contribution in [0.25, 0.3) is 0 Å². The molecular formula is C14H27N3. The molecule has 1 N–H and O–H groups in total. The molecule has 3 heteroatoms. The second-order valence-corrected chi connectivity index (χ2v) is 5.78. The fourth-order valence-corrected chi connectivity index (χ4v) is 1.98. The summed E-state index contributed by atoms with van der Waals surface area (Å²) in [5.74, 6) is 2.12. The number of hydrogen-bond donors (Lipinski definition) is 1. The summed E-state index contributed by atoms with van der Waals surface area (Å²) in [5, 5.41) is 7.80. The van der Waals surface area contributed by atoms with Crippen LogP contribution in [0.5, 0.6) is 0 Å². The molecule has 1 heterocycles. The van der Waals surface area contributed by atoms with Crippen molar-refractivity contribution in [2.24, 2.45) is 24.8 Å². The molecule has 0 saturated heterocycles. The van der Waals surface area contributed by atoms with Crippen LogP contribution in [0.15, 0.2) is 12.4 Å². The molecular weight excluding hydrogens is 210 g/mol. The monoisotopic (exact) mass is 237 g/mol. The Morgan fingerprint density at radius 3 is 2.41 bits per heavy atom. The van der Waals surface area contributed by atoms with Gasteiger partial charge in [-0.1, -0.05) is 27.7 Å². The van der Waals surface area contributed by atoms with Gasteiger partial charge in [0.1, 0.15) is 0 Å². The van der Waals surface area contributed by atoms with E-state index in [0.717, 1.165) is 25.4 Å². The van der Waals surface area contributed by atoms with Crippen molar-refractivity contribution in [2.45, 2.75) is 34.1 Å². The first kappa shape index (κ1) is 14.2. The molecule has 0 spiro atoms. The Balaban J connectivity index is 2.43. The van der Waals surface area contributed by atoms with Gasteiger partial charge in [0, 0.05) is 13.2 Å². The van der Waals surface area contributed by atoms with E-state index in [0.29, 0.717) is 11.8 Å². The molecule has 0 radical (unpaired) electrons. The minimum atomic E-state index is 0.693. The Labute approximate surface area is 106 Å². The Morgan fingerprint density at radius 1 is 1.24 bits per heavy atom. The van der Waals surface area contributed by atoms with Crippen LogP contribution in [-0.2, 0) is 13.5 Å². The maximum atomic E-state index is 4.23. The molecule has 0 bridgehead atoms. The summed E-state index contributed by atoms with van der Waals surface area (Å²) >= 11 is 0. The molecule has 0 aromatic carbocycles. The number of rotatable bonds is 7. The molecule has 1 unspecified atom stereocenters. The highest BCUT2D eigenvalue weighted by Gasteiger charge is 2.14. The van der Waals surface area contributed by atoms with E-state index in [2.05, 4.69) is 44.3 Å². The number of nitrogens with one attached hydrogen (secondary N) is 1. The average molecular weight is 237 g/mol. The summed E-state index contributed by atoms with van der Waals surface area (Å²) < 4.78 is 1.88. The number of hydrogen-bond acceptors (Lipinski definition) is 2. The van der Waals surface area contributed by atoms with Gasteiger partial charge < -0.3 is 5.32 Å². The van der Waals surface area contributed by atoms with E-state index < -0.39 is 0 Å². The zero-order valence-electron chi connectivity index (χ0n) is 11.9. The second-order valence-electron chi connectivity index (χ2n) is 5.78. The van der Waals surface area contributed by atoms with Gasteiger partial charge in [-0.15, -0.1) is 0 Å². The van der Waals surface area contributed by atoms with Crippen molar-refractivity contribution in [2.75, 3.05) is 13.1 Å². The fraction of sp³-hybridized carbons (Fsp3) is 0.786. The predicted octanol–water partition coefficient (Wildman–Crippen LogP) is 2.48. The van der Waals surface area contributed by atoms with Crippen molar-refractivity contribution in [1.29, 1.82) is 0 Å². The molecule has 1 atom stereocenters. The largest absolute Gasteiger partial charge is 0.316 e. The number of nitrogens with zero attached hydrogens (tertiary/aromatic N) is 2. The molecule has 0 aliphatic heterocycles. The molecule has 0 fully saturated rings. The van der Waals surface area contributed by atoms with Crippen LogP contribution in [0.1, 0.15) is 33.3 Å². The first-order valence-electron chi connectivity index (χ1n) is 6.67. The third kappa shape index (κ3) is 5.35. The van der Waals surface area contributed by atoms with Crippen molar-refractivity contribution >= 4 is 0 Å². The van der Waals surface area contributed by atoms with E-state index in [1.807, 2.05) is 17.9 Å². The van der Waals surface area contributed by atoms with Crippen LogP contribution < -0.4 is 5.32 Å². The lowest BCUT2D eigenvalue weighted by atomic mass is 9.90. The van der Waals surface area contributed by atoms with E-state index in [-0.39, 0.29) is 0 Å². The Bertz CT molecular complexity index is 315. The lowest BCUT2D eigenvalue weighted by Crippen LogP contribution is -2.30. The van der Waals surface area contributed by atoms with Gasteiger partial charge >= 0.3 is 0 Å². The fourth-order valence-electron chi connectivity index (χ4n) is 1.98. The standard InChI is InChI=1S/C14H27N3/c1-11(2)7-15-9-14(12(3)4)6-13-8-16-17(5)10-13/h8,10-12,14-15H,6-7,9H2,1-5H3. The molecule has 0 amide bonds. The zero-order valence-corrected chi connectivity index (χ0v) is 11.9. The maximum Gasteiger partial charge on any atom is 0.0521 e. The van der Waals surface area contributed by atoms with Gasteiger partial charge in [0.05, 0.1) is 6.20 Å². The minimum absolute atomic E-state index is 0.693. The molecule has 1 rings (SSSR count).